The van der Waals surface area contributed by atoms with Crippen LogP contribution in [0.25, 0.3) is 20.4 Å². The van der Waals surface area contributed by atoms with Crippen LogP contribution in [0.1, 0.15) is 11.3 Å². The topological polar surface area (TPSA) is 41.9 Å². The molecule has 0 N–H and O–H groups in total. The van der Waals surface area contributed by atoms with Gasteiger partial charge in [-0.25, -0.2) is 23.7 Å². The molecule has 1 fully saturated rings. The molecule has 0 unspecified atom stereocenters. The number of aryl methyl sites for hydroxylation is 2. The van der Waals surface area contributed by atoms with E-state index in [9.17, 15) is 8.78 Å². The molecule has 0 atom stereocenters. The lowest BCUT2D eigenvalue weighted by molar-refractivity contribution is -0.0265. The zero-order valence-corrected chi connectivity index (χ0v) is 13.4. The molecular weight excluding hydrogens is 330 g/mol. The number of halogens is 3. The minimum Gasteiger partial charge on any atom is -0.343 e. The predicted molar refractivity (Wildman–Crippen MR) is 84.4 cm³/mol. The average molecular weight is 341 g/mol. The molecule has 3 aromatic heterocycles. The maximum Gasteiger partial charge on any atom is 0.282 e. The fourth-order valence-electron chi connectivity index (χ4n) is 2.77. The van der Waals surface area contributed by atoms with E-state index in [1.54, 1.807) is 4.90 Å². The van der Waals surface area contributed by atoms with E-state index in [1.165, 1.54) is 17.7 Å². The molecule has 1 aliphatic rings. The Bertz CT molecular complexity index is 916. The Kier molecular flexibility index (Phi) is 2.84. The Morgan fingerprint density at radius 2 is 2.00 bits per heavy atom. The summed E-state index contributed by atoms with van der Waals surface area (Å²) in [6.45, 7) is 3.16. The third-order valence-electron chi connectivity index (χ3n) is 3.87. The Morgan fingerprint density at radius 3 is 2.68 bits per heavy atom. The van der Waals surface area contributed by atoms with Crippen LogP contribution in [0, 0.1) is 13.8 Å². The van der Waals surface area contributed by atoms with Crippen molar-refractivity contribution in [3.05, 3.63) is 22.6 Å². The third kappa shape index (κ3) is 1.88. The Morgan fingerprint density at radius 1 is 1.27 bits per heavy atom. The monoisotopic (exact) mass is 340 g/mol. The van der Waals surface area contributed by atoms with Crippen molar-refractivity contribution in [2.75, 3.05) is 18.0 Å². The number of alkyl halides is 2. The van der Waals surface area contributed by atoms with Crippen LogP contribution < -0.4 is 4.90 Å². The first-order valence-corrected chi connectivity index (χ1v) is 7.89. The summed E-state index contributed by atoms with van der Waals surface area (Å²) in [4.78, 5) is 15.4. The standard InChI is InChI=1S/C14H11ClF2N4S/c1-6-8-10-11(22-13(8)20-7(2)9(6)15)12(19-5-18-10)21-3-14(16,17)4-21/h5H,3-4H2,1-2H3. The molecule has 1 aliphatic heterocycles. The minimum absolute atomic E-state index is 0.306. The van der Waals surface area contributed by atoms with Crippen molar-refractivity contribution in [3.8, 4) is 0 Å². The van der Waals surface area contributed by atoms with Gasteiger partial charge < -0.3 is 4.90 Å². The van der Waals surface area contributed by atoms with E-state index < -0.39 is 5.92 Å². The van der Waals surface area contributed by atoms with Crippen LogP contribution in [0.3, 0.4) is 0 Å². The van der Waals surface area contributed by atoms with Crippen molar-refractivity contribution < 1.29 is 8.78 Å². The number of hydrogen-bond acceptors (Lipinski definition) is 5. The maximum absolute atomic E-state index is 13.1. The van der Waals surface area contributed by atoms with Crippen LogP contribution in [0.4, 0.5) is 14.6 Å². The molecule has 4 nitrogen and oxygen atoms in total. The van der Waals surface area contributed by atoms with E-state index in [4.69, 9.17) is 11.6 Å². The fourth-order valence-corrected chi connectivity index (χ4v) is 4.16. The number of anilines is 1. The highest BCUT2D eigenvalue weighted by atomic mass is 35.5. The summed E-state index contributed by atoms with van der Waals surface area (Å²) in [5.41, 5.74) is 2.39. The number of hydrogen-bond donors (Lipinski definition) is 0. The van der Waals surface area contributed by atoms with E-state index in [0.29, 0.717) is 10.8 Å². The molecule has 0 aromatic carbocycles. The number of nitrogens with zero attached hydrogens (tertiary/aromatic N) is 4. The largest absolute Gasteiger partial charge is 0.343 e. The van der Waals surface area contributed by atoms with Gasteiger partial charge in [0.1, 0.15) is 11.2 Å². The number of aromatic nitrogens is 3. The van der Waals surface area contributed by atoms with Crippen LogP contribution in [-0.2, 0) is 0 Å². The second-order valence-corrected chi connectivity index (χ2v) is 6.88. The van der Waals surface area contributed by atoms with Gasteiger partial charge in [-0.15, -0.1) is 11.3 Å². The lowest BCUT2D eigenvalue weighted by Gasteiger charge is -2.39. The van der Waals surface area contributed by atoms with Crippen LogP contribution in [-0.4, -0.2) is 34.0 Å². The average Bonchev–Trinajstić information content (AvgIpc) is 2.80. The Labute approximate surface area is 133 Å². The van der Waals surface area contributed by atoms with E-state index in [2.05, 4.69) is 15.0 Å². The molecule has 4 heterocycles. The number of pyridine rings is 1. The van der Waals surface area contributed by atoms with Gasteiger partial charge in [0.15, 0.2) is 5.82 Å². The van der Waals surface area contributed by atoms with Gasteiger partial charge in [-0.2, -0.15) is 0 Å². The summed E-state index contributed by atoms with van der Waals surface area (Å²) >= 11 is 7.70. The van der Waals surface area contributed by atoms with Crippen LogP contribution in [0.15, 0.2) is 6.33 Å². The molecule has 1 saturated heterocycles. The highest BCUT2D eigenvalue weighted by molar-refractivity contribution is 7.26. The third-order valence-corrected chi connectivity index (χ3v) is 5.50. The lowest BCUT2D eigenvalue weighted by Crippen LogP contribution is -2.56. The van der Waals surface area contributed by atoms with E-state index in [0.717, 1.165) is 31.7 Å². The van der Waals surface area contributed by atoms with Gasteiger partial charge in [0.05, 0.1) is 34.0 Å². The summed E-state index contributed by atoms with van der Waals surface area (Å²) in [5, 5.41) is 1.49. The molecule has 0 saturated carbocycles. The van der Waals surface area contributed by atoms with E-state index >= 15 is 0 Å². The molecular formula is C14H11ClF2N4S. The first-order chi connectivity index (χ1) is 10.4. The number of fused-ring (bicyclic) bond motifs is 3. The maximum atomic E-state index is 13.1. The van der Waals surface area contributed by atoms with Gasteiger partial charge in [-0.1, -0.05) is 11.6 Å². The Hall–Kier alpha value is -1.60. The molecule has 22 heavy (non-hydrogen) atoms. The molecule has 0 aliphatic carbocycles. The van der Waals surface area contributed by atoms with Gasteiger partial charge in [0.2, 0.25) is 0 Å². The summed E-state index contributed by atoms with van der Waals surface area (Å²) in [5.74, 6) is -2.09. The molecule has 0 spiro atoms. The second kappa shape index (κ2) is 4.45. The minimum atomic E-state index is -2.64. The normalized spacial score (nSPS) is 17.2. The van der Waals surface area contributed by atoms with Crippen LogP contribution >= 0.6 is 22.9 Å². The molecule has 114 valence electrons. The van der Waals surface area contributed by atoms with Crippen LogP contribution in [0.2, 0.25) is 5.02 Å². The molecule has 0 radical (unpaired) electrons. The first-order valence-electron chi connectivity index (χ1n) is 6.70. The number of rotatable bonds is 1. The van der Waals surface area contributed by atoms with Crippen molar-refractivity contribution >= 4 is 49.2 Å². The highest BCUT2D eigenvalue weighted by Crippen LogP contribution is 2.42. The fraction of sp³-hybridized carbons (Fsp3) is 0.357. The number of thiophene rings is 1. The van der Waals surface area contributed by atoms with E-state index in [1.807, 2.05) is 13.8 Å². The summed E-state index contributed by atoms with van der Waals surface area (Å²) < 4.78 is 27.1. The molecule has 0 amide bonds. The SMILES string of the molecule is Cc1nc2sc3c(N4CC(F)(F)C4)ncnc3c2c(C)c1Cl. The predicted octanol–water partition coefficient (Wildman–Crippen LogP) is 3.97. The summed E-state index contributed by atoms with van der Waals surface area (Å²) in [6, 6.07) is 0. The van der Waals surface area contributed by atoms with Gasteiger partial charge in [0.25, 0.3) is 5.92 Å². The molecule has 3 aromatic rings. The van der Waals surface area contributed by atoms with Crippen molar-refractivity contribution in [3.63, 3.8) is 0 Å². The van der Waals surface area contributed by atoms with Crippen molar-refractivity contribution in [1.29, 1.82) is 0 Å². The van der Waals surface area contributed by atoms with E-state index in [-0.39, 0.29) is 13.1 Å². The highest BCUT2D eigenvalue weighted by Gasteiger charge is 2.45. The molecule has 0 bridgehead atoms. The lowest BCUT2D eigenvalue weighted by atomic mass is 10.1. The Balaban J connectivity index is 1.98. The van der Waals surface area contributed by atoms with Crippen molar-refractivity contribution in [2.45, 2.75) is 19.8 Å². The molecule has 4 rings (SSSR count). The quantitative estimate of drug-likeness (QED) is 0.672. The van der Waals surface area contributed by atoms with Gasteiger partial charge in [-0.3, -0.25) is 0 Å². The van der Waals surface area contributed by atoms with Gasteiger partial charge >= 0.3 is 0 Å². The zero-order valence-electron chi connectivity index (χ0n) is 11.8. The van der Waals surface area contributed by atoms with Gasteiger partial charge in [-0.05, 0) is 19.4 Å². The van der Waals surface area contributed by atoms with Crippen LogP contribution in [0.5, 0.6) is 0 Å². The first kappa shape index (κ1) is 14.0. The second-order valence-electron chi connectivity index (χ2n) is 5.51. The summed E-state index contributed by atoms with van der Waals surface area (Å²) in [7, 11) is 0. The smallest absolute Gasteiger partial charge is 0.282 e. The van der Waals surface area contributed by atoms with Gasteiger partial charge in [0, 0.05) is 5.39 Å². The van der Waals surface area contributed by atoms with Crippen molar-refractivity contribution in [1.82, 2.24) is 15.0 Å². The molecule has 8 heteroatoms. The van der Waals surface area contributed by atoms with Crippen molar-refractivity contribution in [2.24, 2.45) is 0 Å². The summed E-state index contributed by atoms with van der Waals surface area (Å²) in [6.07, 6.45) is 1.41. The zero-order chi connectivity index (χ0) is 15.6.